The molecule has 0 radical (unpaired) electrons. The number of amides is 2. The van der Waals surface area contributed by atoms with E-state index in [0.717, 1.165) is 25.9 Å². The second-order valence-corrected chi connectivity index (χ2v) is 6.57. The first-order chi connectivity index (χ1) is 12.6. The maximum absolute atomic E-state index is 12.7. The number of hydrogen-bond donors (Lipinski definition) is 1. The van der Waals surface area contributed by atoms with Crippen molar-refractivity contribution in [2.75, 3.05) is 18.4 Å². The number of carbonyl (C=O) groups is 2. The van der Waals surface area contributed by atoms with Crippen molar-refractivity contribution in [2.24, 2.45) is 5.92 Å². The number of anilines is 1. The minimum absolute atomic E-state index is 0.135. The van der Waals surface area contributed by atoms with Gasteiger partial charge in [-0.05, 0) is 55.2 Å². The van der Waals surface area contributed by atoms with Crippen molar-refractivity contribution in [2.45, 2.75) is 19.8 Å². The fourth-order valence-electron chi connectivity index (χ4n) is 3.06. The van der Waals surface area contributed by atoms with Crippen LogP contribution in [-0.4, -0.2) is 34.8 Å². The summed E-state index contributed by atoms with van der Waals surface area (Å²) in [6.07, 6.45) is 3.60. The van der Waals surface area contributed by atoms with Crippen LogP contribution in [0.1, 0.15) is 46.2 Å². The number of pyridine rings is 1. The summed E-state index contributed by atoms with van der Waals surface area (Å²) in [5.74, 6) is 0.0262. The van der Waals surface area contributed by atoms with Gasteiger partial charge in [-0.1, -0.05) is 6.92 Å². The second-order valence-electron chi connectivity index (χ2n) is 6.57. The van der Waals surface area contributed by atoms with E-state index in [0.29, 0.717) is 22.7 Å². The molecule has 1 atom stereocenters. The van der Waals surface area contributed by atoms with E-state index in [1.807, 2.05) is 6.07 Å². The van der Waals surface area contributed by atoms with Crippen LogP contribution in [0.15, 0.2) is 42.6 Å². The summed E-state index contributed by atoms with van der Waals surface area (Å²) in [7, 11) is 0. The van der Waals surface area contributed by atoms with Gasteiger partial charge in [-0.3, -0.25) is 14.6 Å². The van der Waals surface area contributed by atoms with Crippen LogP contribution in [0.2, 0.25) is 0 Å². The van der Waals surface area contributed by atoms with Crippen molar-refractivity contribution >= 4 is 17.5 Å². The first-order valence-electron chi connectivity index (χ1n) is 8.63. The Labute approximate surface area is 152 Å². The number of piperidine rings is 1. The highest BCUT2D eigenvalue weighted by Gasteiger charge is 2.23. The van der Waals surface area contributed by atoms with Crippen LogP contribution in [0.3, 0.4) is 0 Å². The Morgan fingerprint density at radius 1 is 1.27 bits per heavy atom. The predicted octanol–water partition coefficient (Wildman–Crippen LogP) is 3.08. The monoisotopic (exact) mass is 348 g/mol. The van der Waals surface area contributed by atoms with Crippen LogP contribution in [0, 0.1) is 17.2 Å². The number of nitriles is 1. The van der Waals surface area contributed by atoms with Crippen molar-refractivity contribution in [1.29, 1.82) is 5.26 Å². The highest BCUT2D eigenvalue weighted by Crippen LogP contribution is 2.18. The summed E-state index contributed by atoms with van der Waals surface area (Å²) in [5.41, 5.74) is 1.77. The number of likely N-dealkylation sites (tertiary alicyclic amines) is 1. The van der Waals surface area contributed by atoms with E-state index in [1.54, 1.807) is 35.2 Å². The smallest absolute Gasteiger partial charge is 0.272 e. The van der Waals surface area contributed by atoms with E-state index in [4.69, 9.17) is 5.26 Å². The molecule has 0 spiro atoms. The number of benzene rings is 1. The Bertz CT molecular complexity index is 855. The molecule has 6 nitrogen and oxygen atoms in total. The van der Waals surface area contributed by atoms with E-state index >= 15 is 0 Å². The molecule has 1 fully saturated rings. The van der Waals surface area contributed by atoms with Gasteiger partial charge in [0.15, 0.2) is 0 Å². The molecule has 1 aliphatic heterocycles. The van der Waals surface area contributed by atoms with Crippen molar-refractivity contribution < 1.29 is 9.59 Å². The summed E-state index contributed by atoms with van der Waals surface area (Å²) in [6.45, 7) is 3.59. The summed E-state index contributed by atoms with van der Waals surface area (Å²) in [6, 6.07) is 11.7. The van der Waals surface area contributed by atoms with Gasteiger partial charge in [-0.25, -0.2) is 0 Å². The maximum atomic E-state index is 12.7. The first kappa shape index (κ1) is 17.6. The molecule has 2 aromatic rings. The lowest BCUT2D eigenvalue weighted by molar-refractivity contribution is 0.0677. The molecular weight excluding hydrogens is 328 g/mol. The standard InChI is InChI=1S/C20H20N4O2/c1-14-3-2-10-24(13-14)20(26)18-11-16(8-9-22-18)19(25)23-17-6-4-15(12-21)5-7-17/h4-9,11,14H,2-3,10,13H2,1H3,(H,23,25). The number of hydrogen-bond acceptors (Lipinski definition) is 4. The lowest BCUT2D eigenvalue weighted by Gasteiger charge is -2.30. The maximum Gasteiger partial charge on any atom is 0.272 e. The van der Waals surface area contributed by atoms with Gasteiger partial charge in [0.1, 0.15) is 5.69 Å². The summed E-state index contributed by atoms with van der Waals surface area (Å²) >= 11 is 0. The van der Waals surface area contributed by atoms with Gasteiger partial charge in [0, 0.05) is 30.5 Å². The molecule has 6 heteroatoms. The number of nitrogens with one attached hydrogen (secondary N) is 1. The van der Waals surface area contributed by atoms with Crippen LogP contribution in [0.25, 0.3) is 0 Å². The van der Waals surface area contributed by atoms with Gasteiger partial charge in [0.25, 0.3) is 11.8 Å². The van der Waals surface area contributed by atoms with E-state index in [2.05, 4.69) is 17.2 Å². The number of nitrogens with zero attached hydrogens (tertiary/aromatic N) is 3. The Hall–Kier alpha value is -3.20. The van der Waals surface area contributed by atoms with Gasteiger partial charge in [0.05, 0.1) is 11.6 Å². The van der Waals surface area contributed by atoms with Crippen molar-refractivity contribution in [3.8, 4) is 6.07 Å². The average molecular weight is 348 g/mol. The number of aromatic nitrogens is 1. The summed E-state index contributed by atoms with van der Waals surface area (Å²) in [4.78, 5) is 31.0. The zero-order chi connectivity index (χ0) is 18.5. The van der Waals surface area contributed by atoms with Crippen LogP contribution < -0.4 is 5.32 Å². The van der Waals surface area contributed by atoms with Crippen LogP contribution in [-0.2, 0) is 0 Å². The third kappa shape index (κ3) is 4.06. The zero-order valence-electron chi connectivity index (χ0n) is 14.6. The zero-order valence-corrected chi connectivity index (χ0v) is 14.6. The minimum Gasteiger partial charge on any atom is -0.337 e. The Morgan fingerprint density at radius 3 is 2.73 bits per heavy atom. The minimum atomic E-state index is -0.321. The topological polar surface area (TPSA) is 86.1 Å². The first-order valence-corrected chi connectivity index (χ1v) is 8.63. The molecule has 1 aromatic carbocycles. The fourth-order valence-corrected chi connectivity index (χ4v) is 3.06. The Balaban J connectivity index is 1.72. The van der Waals surface area contributed by atoms with Crippen LogP contribution >= 0.6 is 0 Å². The van der Waals surface area contributed by atoms with Gasteiger partial charge in [-0.15, -0.1) is 0 Å². The highest BCUT2D eigenvalue weighted by molar-refractivity contribution is 6.05. The lowest BCUT2D eigenvalue weighted by Crippen LogP contribution is -2.39. The molecule has 26 heavy (non-hydrogen) atoms. The molecule has 2 heterocycles. The van der Waals surface area contributed by atoms with Crippen molar-refractivity contribution in [3.63, 3.8) is 0 Å². The molecule has 1 N–H and O–H groups in total. The molecule has 132 valence electrons. The largest absolute Gasteiger partial charge is 0.337 e. The summed E-state index contributed by atoms with van der Waals surface area (Å²) < 4.78 is 0. The SMILES string of the molecule is CC1CCCN(C(=O)c2cc(C(=O)Nc3ccc(C#N)cc3)ccn2)C1. The lowest BCUT2D eigenvalue weighted by atomic mass is 10.00. The van der Waals surface area contributed by atoms with Gasteiger partial charge >= 0.3 is 0 Å². The predicted molar refractivity (Wildman–Crippen MR) is 97.6 cm³/mol. The van der Waals surface area contributed by atoms with Crippen LogP contribution in [0.4, 0.5) is 5.69 Å². The summed E-state index contributed by atoms with van der Waals surface area (Å²) in [5, 5.41) is 11.6. The number of carbonyl (C=O) groups excluding carboxylic acids is 2. The molecule has 1 aromatic heterocycles. The van der Waals surface area contributed by atoms with Crippen molar-refractivity contribution in [1.82, 2.24) is 9.88 Å². The molecule has 0 aliphatic carbocycles. The molecule has 3 rings (SSSR count). The van der Waals surface area contributed by atoms with Crippen LogP contribution in [0.5, 0.6) is 0 Å². The van der Waals surface area contributed by atoms with Gasteiger partial charge in [0.2, 0.25) is 0 Å². The highest BCUT2D eigenvalue weighted by atomic mass is 16.2. The Kier molecular flexibility index (Phi) is 5.28. The van der Waals surface area contributed by atoms with E-state index < -0.39 is 0 Å². The molecule has 2 amide bonds. The normalized spacial score (nSPS) is 16.6. The van der Waals surface area contributed by atoms with E-state index in [-0.39, 0.29) is 17.5 Å². The molecule has 1 saturated heterocycles. The van der Waals surface area contributed by atoms with Crippen molar-refractivity contribution in [3.05, 3.63) is 59.4 Å². The average Bonchev–Trinajstić information content (AvgIpc) is 2.68. The molecule has 1 unspecified atom stereocenters. The third-order valence-corrected chi connectivity index (χ3v) is 4.46. The quantitative estimate of drug-likeness (QED) is 0.923. The van der Waals surface area contributed by atoms with E-state index in [9.17, 15) is 9.59 Å². The molecule has 0 bridgehead atoms. The molecule has 1 aliphatic rings. The Morgan fingerprint density at radius 2 is 2.04 bits per heavy atom. The number of rotatable bonds is 3. The fraction of sp³-hybridized carbons (Fsp3) is 0.300. The van der Waals surface area contributed by atoms with Gasteiger partial charge in [-0.2, -0.15) is 5.26 Å². The molecule has 0 saturated carbocycles. The third-order valence-electron chi connectivity index (χ3n) is 4.46. The van der Waals surface area contributed by atoms with Gasteiger partial charge < -0.3 is 10.2 Å². The second kappa shape index (κ2) is 7.79. The molecular formula is C20H20N4O2. The van der Waals surface area contributed by atoms with E-state index in [1.165, 1.54) is 12.3 Å².